The minimum atomic E-state index is -0.560. The molecule has 1 aliphatic rings. The number of fused-ring (bicyclic) bond motifs is 2. The van der Waals surface area contributed by atoms with E-state index in [9.17, 15) is 9.59 Å². The number of rotatable bonds is 4. The van der Waals surface area contributed by atoms with Gasteiger partial charge >= 0.3 is 11.9 Å². The Morgan fingerprint density at radius 3 is 2.03 bits per heavy atom. The van der Waals surface area contributed by atoms with E-state index in [4.69, 9.17) is 30.8 Å². The van der Waals surface area contributed by atoms with Gasteiger partial charge in [0.1, 0.15) is 11.9 Å². The molecule has 0 saturated heterocycles. The number of esters is 2. The first kappa shape index (κ1) is 21.9. The molecule has 0 aliphatic carbocycles. The van der Waals surface area contributed by atoms with Crippen LogP contribution in [0, 0.1) is 0 Å². The van der Waals surface area contributed by atoms with Gasteiger partial charge in [0.15, 0.2) is 5.75 Å². The van der Waals surface area contributed by atoms with Crippen molar-refractivity contribution < 1.29 is 28.8 Å². The van der Waals surface area contributed by atoms with Gasteiger partial charge in [-0.25, -0.2) is 9.59 Å². The lowest BCUT2D eigenvalue weighted by molar-refractivity contribution is -0.249. The first-order valence-electron chi connectivity index (χ1n) is 10.7. The summed E-state index contributed by atoms with van der Waals surface area (Å²) in [7, 11) is 0. The molecule has 0 amide bonds. The number of halogens is 1. The maximum Gasteiger partial charge on any atom is 0.343 e. The normalized spacial score (nSPS) is 14.7. The quantitative estimate of drug-likeness (QED) is 0.199. The van der Waals surface area contributed by atoms with Crippen LogP contribution in [-0.2, 0) is 11.3 Å². The van der Waals surface area contributed by atoms with Gasteiger partial charge in [0.2, 0.25) is 5.75 Å². The molecule has 170 valence electrons. The predicted octanol–water partition coefficient (Wildman–Crippen LogP) is 6.19. The van der Waals surface area contributed by atoms with E-state index < -0.39 is 11.9 Å². The molecule has 0 bridgehead atoms. The summed E-state index contributed by atoms with van der Waals surface area (Å²) in [5, 5.41) is 1.44. The SMILES string of the molecule is CC1Cc2c(c(OC(=O)c3ccccc3)c3ccc(Cl)cc3c2OC(=O)c2ccccc2)OO1. The summed E-state index contributed by atoms with van der Waals surface area (Å²) in [6.07, 6.45) is 0.0430. The summed E-state index contributed by atoms with van der Waals surface area (Å²) in [5.41, 5.74) is 1.32. The maximum absolute atomic E-state index is 12.9. The highest BCUT2D eigenvalue weighted by molar-refractivity contribution is 6.31. The van der Waals surface area contributed by atoms with E-state index in [0.717, 1.165) is 0 Å². The highest BCUT2D eigenvalue weighted by Crippen LogP contribution is 2.49. The molecular weight excluding hydrogens is 456 g/mol. The van der Waals surface area contributed by atoms with Crippen molar-refractivity contribution in [3.8, 4) is 17.2 Å². The average molecular weight is 475 g/mol. The van der Waals surface area contributed by atoms with Gasteiger partial charge in [-0.2, -0.15) is 4.89 Å². The first-order valence-corrected chi connectivity index (χ1v) is 11.0. The fraction of sp³-hybridized carbons (Fsp3) is 0.111. The van der Waals surface area contributed by atoms with E-state index in [1.807, 2.05) is 19.1 Å². The fourth-order valence-corrected chi connectivity index (χ4v) is 3.99. The van der Waals surface area contributed by atoms with Gasteiger partial charge in [-0.3, -0.25) is 0 Å². The summed E-state index contributed by atoms with van der Waals surface area (Å²) < 4.78 is 11.7. The molecule has 0 radical (unpaired) electrons. The second-order valence-electron chi connectivity index (χ2n) is 7.86. The van der Waals surface area contributed by atoms with E-state index in [1.54, 1.807) is 66.7 Å². The lowest BCUT2D eigenvalue weighted by atomic mass is 9.98. The highest BCUT2D eigenvalue weighted by Gasteiger charge is 2.32. The molecule has 4 aromatic rings. The number of hydrogen-bond acceptors (Lipinski definition) is 6. The van der Waals surface area contributed by atoms with Crippen LogP contribution in [0.3, 0.4) is 0 Å². The summed E-state index contributed by atoms with van der Waals surface area (Å²) in [6, 6.07) is 22.3. The Hall–Kier alpha value is -3.87. The molecule has 1 unspecified atom stereocenters. The minimum Gasteiger partial charge on any atom is -0.422 e. The number of hydrogen-bond donors (Lipinski definition) is 0. The molecule has 0 spiro atoms. The monoisotopic (exact) mass is 474 g/mol. The van der Waals surface area contributed by atoms with Gasteiger partial charge in [0, 0.05) is 27.8 Å². The van der Waals surface area contributed by atoms with E-state index in [2.05, 4.69) is 0 Å². The van der Waals surface area contributed by atoms with E-state index in [0.29, 0.717) is 38.9 Å². The lowest BCUT2D eigenvalue weighted by Crippen LogP contribution is -2.23. The van der Waals surface area contributed by atoms with Gasteiger partial charge < -0.3 is 14.4 Å². The van der Waals surface area contributed by atoms with Crippen molar-refractivity contribution in [2.75, 3.05) is 0 Å². The van der Waals surface area contributed by atoms with Crippen LogP contribution in [0.15, 0.2) is 78.9 Å². The van der Waals surface area contributed by atoms with Crippen LogP contribution < -0.4 is 14.4 Å². The van der Waals surface area contributed by atoms with Crippen LogP contribution >= 0.6 is 11.6 Å². The van der Waals surface area contributed by atoms with Gasteiger partial charge in [-0.15, -0.1) is 0 Å². The summed E-state index contributed by atoms with van der Waals surface area (Å²) in [5.74, 6) is -0.446. The molecule has 7 heteroatoms. The van der Waals surface area contributed by atoms with Crippen LogP contribution in [0.25, 0.3) is 10.8 Å². The van der Waals surface area contributed by atoms with Crippen molar-refractivity contribution >= 4 is 34.3 Å². The van der Waals surface area contributed by atoms with Crippen LogP contribution in [0.2, 0.25) is 5.02 Å². The standard InChI is InChI=1S/C27H19ClO6/c1-16-14-22-23(31-26(29)17-8-4-2-5-9-17)21-15-19(28)12-13-20(21)24(25(22)34-33-16)32-27(30)18-10-6-3-7-11-18/h2-13,15-16H,14H2,1H3. The van der Waals surface area contributed by atoms with Gasteiger partial charge in [0.05, 0.1) is 11.1 Å². The minimum absolute atomic E-state index is 0.168. The Balaban J connectivity index is 1.67. The van der Waals surface area contributed by atoms with E-state index >= 15 is 0 Å². The Labute approximate surface area is 200 Å². The van der Waals surface area contributed by atoms with E-state index in [-0.39, 0.29) is 23.4 Å². The molecule has 0 saturated carbocycles. The Bertz CT molecular complexity index is 1390. The van der Waals surface area contributed by atoms with Crippen LogP contribution in [-0.4, -0.2) is 18.0 Å². The zero-order valence-electron chi connectivity index (χ0n) is 18.1. The maximum atomic E-state index is 12.9. The second kappa shape index (κ2) is 9.17. The van der Waals surface area contributed by atoms with E-state index in [1.165, 1.54) is 0 Å². The van der Waals surface area contributed by atoms with Gasteiger partial charge in [-0.1, -0.05) is 48.0 Å². The largest absolute Gasteiger partial charge is 0.422 e. The number of ether oxygens (including phenoxy) is 2. The molecule has 1 aliphatic heterocycles. The van der Waals surface area contributed by atoms with Crippen LogP contribution in [0.5, 0.6) is 17.2 Å². The molecule has 34 heavy (non-hydrogen) atoms. The average Bonchev–Trinajstić information content (AvgIpc) is 2.86. The number of benzene rings is 4. The molecule has 0 aromatic heterocycles. The molecule has 0 N–H and O–H groups in total. The fourth-order valence-electron chi connectivity index (χ4n) is 3.82. The Morgan fingerprint density at radius 2 is 1.41 bits per heavy atom. The van der Waals surface area contributed by atoms with Crippen molar-refractivity contribution in [1.82, 2.24) is 0 Å². The third-order valence-corrected chi connectivity index (χ3v) is 5.66. The third-order valence-electron chi connectivity index (χ3n) is 5.42. The first-order chi connectivity index (χ1) is 16.5. The molecule has 6 nitrogen and oxygen atoms in total. The second-order valence-corrected chi connectivity index (χ2v) is 8.30. The van der Waals surface area contributed by atoms with Crippen LogP contribution in [0.4, 0.5) is 0 Å². The summed E-state index contributed by atoms with van der Waals surface area (Å²) >= 11 is 6.31. The lowest BCUT2D eigenvalue weighted by Gasteiger charge is -2.26. The summed E-state index contributed by atoms with van der Waals surface area (Å²) in [4.78, 5) is 36.8. The van der Waals surface area contributed by atoms with Crippen molar-refractivity contribution in [2.45, 2.75) is 19.4 Å². The Morgan fingerprint density at radius 1 is 0.824 bits per heavy atom. The molecular formula is C27H19ClO6. The van der Waals surface area contributed by atoms with Crippen molar-refractivity contribution in [3.05, 3.63) is 101 Å². The zero-order chi connectivity index (χ0) is 23.7. The topological polar surface area (TPSA) is 71.1 Å². The van der Waals surface area contributed by atoms with Crippen molar-refractivity contribution in [2.24, 2.45) is 0 Å². The predicted molar refractivity (Wildman–Crippen MR) is 127 cm³/mol. The van der Waals surface area contributed by atoms with Crippen molar-refractivity contribution in [3.63, 3.8) is 0 Å². The molecule has 4 aromatic carbocycles. The van der Waals surface area contributed by atoms with Crippen LogP contribution in [0.1, 0.15) is 33.2 Å². The molecule has 1 heterocycles. The van der Waals surface area contributed by atoms with Crippen molar-refractivity contribution in [1.29, 1.82) is 0 Å². The smallest absolute Gasteiger partial charge is 0.343 e. The summed E-state index contributed by atoms with van der Waals surface area (Å²) in [6.45, 7) is 1.82. The molecule has 1 atom stereocenters. The van der Waals surface area contributed by atoms with Gasteiger partial charge in [0.25, 0.3) is 0 Å². The number of carbonyl (C=O) groups excluding carboxylic acids is 2. The van der Waals surface area contributed by atoms with Gasteiger partial charge in [-0.05, 0) is 49.4 Å². The highest BCUT2D eigenvalue weighted by atomic mass is 35.5. The Kier molecular flexibility index (Phi) is 5.92. The zero-order valence-corrected chi connectivity index (χ0v) is 18.9. The number of carbonyl (C=O) groups is 2. The third kappa shape index (κ3) is 4.21. The molecule has 0 fully saturated rings. The molecule has 5 rings (SSSR count).